The molecule has 0 spiro atoms. The lowest BCUT2D eigenvalue weighted by Gasteiger charge is -2.11. The zero-order valence-corrected chi connectivity index (χ0v) is 10.1. The van der Waals surface area contributed by atoms with Crippen molar-refractivity contribution in [3.63, 3.8) is 0 Å². The molecular formula is C12H13FO2S. The molecule has 0 amide bonds. The minimum Gasteiger partial charge on any atom is -0.496 e. The predicted octanol–water partition coefficient (Wildman–Crippen LogP) is 2.90. The van der Waals surface area contributed by atoms with E-state index in [4.69, 9.17) is 4.74 Å². The fourth-order valence-electron chi connectivity index (χ4n) is 1.86. The number of Topliss-reactive ketones (excluding diaryl/α,β-unsaturated/α-hetero) is 1. The lowest BCUT2D eigenvalue weighted by atomic mass is 9.96. The van der Waals surface area contributed by atoms with E-state index < -0.39 is 5.82 Å². The van der Waals surface area contributed by atoms with Gasteiger partial charge in [0.05, 0.1) is 12.7 Å². The van der Waals surface area contributed by atoms with E-state index in [1.165, 1.54) is 13.2 Å². The van der Waals surface area contributed by atoms with Crippen LogP contribution in [-0.4, -0.2) is 18.6 Å². The number of benzene rings is 1. The third-order valence-electron chi connectivity index (χ3n) is 2.75. The lowest BCUT2D eigenvalue weighted by molar-refractivity contribution is 0.0937. The third-order valence-corrected chi connectivity index (χ3v) is 3.98. The zero-order valence-electron chi connectivity index (χ0n) is 9.25. The Morgan fingerprint density at radius 3 is 2.94 bits per heavy atom. The van der Waals surface area contributed by atoms with Crippen LogP contribution < -0.4 is 4.74 Å². The van der Waals surface area contributed by atoms with Gasteiger partial charge in [-0.25, -0.2) is 4.39 Å². The molecule has 1 aromatic carbocycles. The smallest absolute Gasteiger partial charge is 0.169 e. The number of methoxy groups -OCH3 is 1. The Labute approximate surface area is 98.2 Å². The summed E-state index contributed by atoms with van der Waals surface area (Å²) in [6, 6.07) is 2.89. The summed E-state index contributed by atoms with van der Waals surface area (Å²) < 4.78 is 18.9. The number of thioether (sulfide) groups is 1. The minimum atomic E-state index is -0.435. The fourth-order valence-corrected chi connectivity index (χ4v) is 2.97. The van der Waals surface area contributed by atoms with Gasteiger partial charge in [0, 0.05) is 23.0 Å². The molecule has 16 heavy (non-hydrogen) atoms. The number of carbonyl (C=O) groups is 1. The topological polar surface area (TPSA) is 26.3 Å². The lowest BCUT2D eigenvalue weighted by Crippen LogP contribution is -2.15. The summed E-state index contributed by atoms with van der Waals surface area (Å²) in [5, 5.41) is 0. The highest BCUT2D eigenvalue weighted by Crippen LogP contribution is 2.34. The maximum absolute atomic E-state index is 13.7. The molecule has 86 valence electrons. The minimum absolute atomic E-state index is 0.114. The van der Waals surface area contributed by atoms with Gasteiger partial charge in [-0.05, 0) is 12.1 Å². The van der Waals surface area contributed by atoms with Crippen LogP contribution in [0.3, 0.4) is 0 Å². The first-order chi connectivity index (χ1) is 7.65. The summed E-state index contributed by atoms with van der Waals surface area (Å²) in [4.78, 5) is 12.0. The molecular weight excluding hydrogens is 227 g/mol. The molecule has 2 nitrogen and oxygen atoms in total. The third kappa shape index (κ3) is 1.82. The normalized spacial score (nSPS) is 20.2. The largest absolute Gasteiger partial charge is 0.496 e. The number of ketones is 1. The number of rotatable bonds is 1. The maximum atomic E-state index is 13.7. The Balaban J connectivity index is 2.61. The second-order valence-electron chi connectivity index (χ2n) is 3.88. The number of carbonyl (C=O) groups excluding carboxylic acids is 1. The summed E-state index contributed by atoms with van der Waals surface area (Å²) >= 11 is 1.64. The molecule has 1 aliphatic rings. The molecule has 1 aliphatic heterocycles. The standard InChI is InChI=1S/C12H13FO2S/c1-7-5-16-6-8-10(15-2)4-3-9(13)11(8)12(7)14/h3-4,7H,5-6H2,1-2H3. The highest BCUT2D eigenvalue weighted by molar-refractivity contribution is 7.98. The molecule has 0 saturated heterocycles. The van der Waals surface area contributed by atoms with Crippen LogP contribution in [0.5, 0.6) is 5.75 Å². The second kappa shape index (κ2) is 4.45. The zero-order chi connectivity index (χ0) is 11.7. The van der Waals surface area contributed by atoms with Crippen LogP contribution in [0.4, 0.5) is 4.39 Å². The number of hydrogen-bond donors (Lipinski definition) is 0. The highest BCUT2D eigenvalue weighted by Gasteiger charge is 2.27. The van der Waals surface area contributed by atoms with Crippen molar-refractivity contribution in [2.24, 2.45) is 5.92 Å². The van der Waals surface area contributed by atoms with Gasteiger partial charge in [0.2, 0.25) is 0 Å². The number of fused-ring (bicyclic) bond motifs is 1. The summed E-state index contributed by atoms with van der Waals surface area (Å²) in [6.07, 6.45) is 0. The van der Waals surface area contributed by atoms with E-state index in [-0.39, 0.29) is 17.3 Å². The molecule has 0 bridgehead atoms. The number of halogens is 1. The monoisotopic (exact) mass is 240 g/mol. The van der Waals surface area contributed by atoms with E-state index >= 15 is 0 Å². The Kier molecular flexibility index (Phi) is 3.19. The molecule has 0 radical (unpaired) electrons. The van der Waals surface area contributed by atoms with E-state index in [1.54, 1.807) is 17.8 Å². The molecule has 0 saturated carbocycles. The van der Waals surface area contributed by atoms with Gasteiger partial charge in [-0.3, -0.25) is 4.79 Å². The van der Waals surface area contributed by atoms with Crippen molar-refractivity contribution >= 4 is 17.5 Å². The van der Waals surface area contributed by atoms with Crippen LogP contribution in [0.2, 0.25) is 0 Å². The number of hydrogen-bond acceptors (Lipinski definition) is 3. The van der Waals surface area contributed by atoms with Crippen molar-refractivity contribution in [3.05, 3.63) is 29.1 Å². The predicted molar refractivity (Wildman–Crippen MR) is 62.6 cm³/mol. The molecule has 0 aromatic heterocycles. The van der Waals surface area contributed by atoms with E-state index in [0.29, 0.717) is 17.1 Å². The van der Waals surface area contributed by atoms with Crippen LogP contribution in [0.15, 0.2) is 12.1 Å². The molecule has 1 heterocycles. The van der Waals surface area contributed by atoms with Gasteiger partial charge < -0.3 is 4.74 Å². The first-order valence-corrected chi connectivity index (χ1v) is 6.28. The van der Waals surface area contributed by atoms with Crippen molar-refractivity contribution in [2.45, 2.75) is 12.7 Å². The van der Waals surface area contributed by atoms with Gasteiger partial charge in [0.15, 0.2) is 5.78 Å². The van der Waals surface area contributed by atoms with Gasteiger partial charge in [0.25, 0.3) is 0 Å². The van der Waals surface area contributed by atoms with Crippen molar-refractivity contribution < 1.29 is 13.9 Å². The van der Waals surface area contributed by atoms with Gasteiger partial charge in [-0.2, -0.15) is 11.8 Å². The Morgan fingerprint density at radius 2 is 2.25 bits per heavy atom. The Bertz CT molecular complexity index is 431. The summed E-state index contributed by atoms with van der Waals surface area (Å²) in [6.45, 7) is 1.84. The first-order valence-electron chi connectivity index (χ1n) is 5.12. The Hall–Kier alpha value is -1.03. The number of ether oxygens (including phenoxy) is 1. The average Bonchev–Trinajstić information content (AvgIpc) is 2.41. The van der Waals surface area contributed by atoms with Gasteiger partial charge >= 0.3 is 0 Å². The maximum Gasteiger partial charge on any atom is 0.169 e. The first kappa shape index (κ1) is 11.5. The molecule has 0 fully saturated rings. The van der Waals surface area contributed by atoms with E-state index in [1.807, 2.05) is 6.92 Å². The Morgan fingerprint density at radius 1 is 1.50 bits per heavy atom. The van der Waals surface area contributed by atoms with Crippen LogP contribution in [-0.2, 0) is 5.75 Å². The van der Waals surface area contributed by atoms with Gasteiger partial charge in [0.1, 0.15) is 11.6 Å². The van der Waals surface area contributed by atoms with Crippen LogP contribution in [0, 0.1) is 11.7 Å². The van der Waals surface area contributed by atoms with Crippen molar-refractivity contribution in [1.29, 1.82) is 0 Å². The van der Waals surface area contributed by atoms with E-state index in [0.717, 1.165) is 5.75 Å². The van der Waals surface area contributed by atoms with Crippen molar-refractivity contribution in [2.75, 3.05) is 12.9 Å². The van der Waals surface area contributed by atoms with Crippen molar-refractivity contribution in [3.8, 4) is 5.75 Å². The highest BCUT2D eigenvalue weighted by atomic mass is 32.2. The average molecular weight is 240 g/mol. The quantitative estimate of drug-likeness (QED) is 0.755. The van der Waals surface area contributed by atoms with E-state index in [9.17, 15) is 9.18 Å². The molecule has 1 aromatic rings. The molecule has 1 unspecified atom stereocenters. The molecule has 0 N–H and O–H groups in total. The van der Waals surface area contributed by atoms with Gasteiger partial charge in [-0.1, -0.05) is 6.92 Å². The molecule has 0 aliphatic carbocycles. The van der Waals surface area contributed by atoms with Crippen LogP contribution >= 0.6 is 11.8 Å². The van der Waals surface area contributed by atoms with Crippen LogP contribution in [0.1, 0.15) is 22.8 Å². The summed E-state index contributed by atoms with van der Waals surface area (Å²) in [5.41, 5.74) is 0.915. The molecule has 4 heteroatoms. The SMILES string of the molecule is COc1ccc(F)c2c1CSCC(C)C2=O. The summed E-state index contributed by atoms with van der Waals surface area (Å²) in [5.74, 6) is 1.29. The second-order valence-corrected chi connectivity index (χ2v) is 4.91. The van der Waals surface area contributed by atoms with Crippen LogP contribution in [0.25, 0.3) is 0 Å². The van der Waals surface area contributed by atoms with Gasteiger partial charge in [-0.15, -0.1) is 0 Å². The van der Waals surface area contributed by atoms with E-state index in [2.05, 4.69) is 0 Å². The van der Waals surface area contributed by atoms with Crippen molar-refractivity contribution in [1.82, 2.24) is 0 Å². The molecule has 2 rings (SSSR count). The fraction of sp³-hybridized carbons (Fsp3) is 0.417. The summed E-state index contributed by atoms with van der Waals surface area (Å²) in [7, 11) is 1.54. The molecule has 1 atom stereocenters.